The second-order valence-corrected chi connectivity index (χ2v) is 6.11. The number of hydrogen-bond donors (Lipinski definition) is 1. The first-order valence-electron chi connectivity index (χ1n) is 7.17. The Balaban J connectivity index is 1.70. The van der Waals surface area contributed by atoms with Gasteiger partial charge in [0.1, 0.15) is 5.75 Å². The Morgan fingerprint density at radius 1 is 1.43 bits per heavy atom. The van der Waals surface area contributed by atoms with Crippen molar-refractivity contribution in [1.29, 1.82) is 0 Å². The molecular formula is C15H20Cl2N2O2. The molecule has 2 N–H and O–H groups in total. The van der Waals surface area contributed by atoms with Crippen LogP contribution in [0.1, 0.15) is 25.7 Å². The Bertz CT molecular complexity index is 497. The number of carbonyl (C=O) groups is 1. The summed E-state index contributed by atoms with van der Waals surface area (Å²) in [6.07, 6.45) is 3.12. The van der Waals surface area contributed by atoms with Gasteiger partial charge in [0, 0.05) is 30.6 Å². The quantitative estimate of drug-likeness (QED) is 0.844. The zero-order valence-corrected chi connectivity index (χ0v) is 13.4. The van der Waals surface area contributed by atoms with Crippen molar-refractivity contribution in [1.82, 2.24) is 4.90 Å². The minimum atomic E-state index is 0.117. The van der Waals surface area contributed by atoms with Crippen LogP contribution in [0.4, 0.5) is 0 Å². The highest BCUT2D eigenvalue weighted by molar-refractivity contribution is 6.35. The fourth-order valence-corrected chi connectivity index (χ4v) is 2.86. The first kappa shape index (κ1) is 16.4. The number of carbonyl (C=O) groups excluding carboxylic acids is 1. The molecule has 0 saturated carbocycles. The topological polar surface area (TPSA) is 55.6 Å². The van der Waals surface area contributed by atoms with E-state index in [1.54, 1.807) is 18.2 Å². The summed E-state index contributed by atoms with van der Waals surface area (Å²) in [5, 5.41) is 1.06. The van der Waals surface area contributed by atoms with E-state index in [-0.39, 0.29) is 11.9 Å². The fraction of sp³-hybridized carbons (Fsp3) is 0.533. The third kappa shape index (κ3) is 5.06. The monoisotopic (exact) mass is 330 g/mol. The van der Waals surface area contributed by atoms with E-state index >= 15 is 0 Å². The highest BCUT2D eigenvalue weighted by Gasteiger charge is 2.20. The van der Waals surface area contributed by atoms with Gasteiger partial charge < -0.3 is 15.4 Å². The van der Waals surface area contributed by atoms with Gasteiger partial charge in [-0.25, -0.2) is 0 Å². The van der Waals surface area contributed by atoms with E-state index in [1.807, 2.05) is 4.90 Å². The standard InChI is InChI=1S/C15H20Cl2N2O2/c16-11-5-6-14(13(17)9-11)21-8-2-4-15(20)19-7-1-3-12(18)10-19/h5-6,9,12H,1-4,7-8,10,18H2. The first-order valence-corrected chi connectivity index (χ1v) is 7.93. The van der Waals surface area contributed by atoms with E-state index in [1.165, 1.54) is 0 Å². The van der Waals surface area contributed by atoms with Crippen LogP contribution in [0.5, 0.6) is 5.75 Å². The summed E-state index contributed by atoms with van der Waals surface area (Å²) in [6, 6.07) is 5.21. The molecule has 1 aliphatic rings. The zero-order valence-electron chi connectivity index (χ0n) is 11.9. The highest BCUT2D eigenvalue weighted by atomic mass is 35.5. The van der Waals surface area contributed by atoms with E-state index in [0.29, 0.717) is 41.8 Å². The van der Waals surface area contributed by atoms with Crippen molar-refractivity contribution in [2.24, 2.45) is 5.73 Å². The van der Waals surface area contributed by atoms with Gasteiger partial charge in [0.05, 0.1) is 11.6 Å². The van der Waals surface area contributed by atoms with Crippen molar-refractivity contribution >= 4 is 29.1 Å². The lowest BCUT2D eigenvalue weighted by molar-refractivity contribution is -0.132. The molecule has 0 aliphatic carbocycles. The van der Waals surface area contributed by atoms with Gasteiger partial charge >= 0.3 is 0 Å². The van der Waals surface area contributed by atoms with Crippen LogP contribution in [0.25, 0.3) is 0 Å². The fourth-order valence-electron chi connectivity index (χ4n) is 2.39. The molecule has 1 saturated heterocycles. The Labute approximate surface area is 135 Å². The number of benzene rings is 1. The molecule has 4 nitrogen and oxygen atoms in total. The molecule has 1 aliphatic heterocycles. The number of ether oxygens (including phenoxy) is 1. The van der Waals surface area contributed by atoms with Gasteiger partial charge in [-0.1, -0.05) is 23.2 Å². The molecule has 116 valence electrons. The van der Waals surface area contributed by atoms with Crippen molar-refractivity contribution < 1.29 is 9.53 Å². The third-order valence-corrected chi connectivity index (χ3v) is 4.03. The molecule has 1 heterocycles. The van der Waals surface area contributed by atoms with Crippen molar-refractivity contribution in [3.05, 3.63) is 28.2 Å². The summed E-state index contributed by atoms with van der Waals surface area (Å²) >= 11 is 11.8. The molecule has 6 heteroatoms. The molecule has 1 aromatic rings. The molecule has 1 unspecified atom stereocenters. The van der Waals surface area contributed by atoms with Crippen molar-refractivity contribution in [3.8, 4) is 5.75 Å². The number of nitrogens with zero attached hydrogens (tertiary/aromatic N) is 1. The lowest BCUT2D eigenvalue weighted by Gasteiger charge is -2.30. The smallest absolute Gasteiger partial charge is 0.222 e. The molecule has 2 rings (SSSR count). The summed E-state index contributed by atoms with van der Waals surface area (Å²) in [7, 11) is 0. The van der Waals surface area contributed by atoms with Gasteiger partial charge in [-0.3, -0.25) is 4.79 Å². The third-order valence-electron chi connectivity index (χ3n) is 3.50. The van der Waals surface area contributed by atoms with E-state index in [4.69, 9.17) is 33.7 Å². The molecule has 1 amide bonds. The highest BCUT2D eigenvalue weighted by Crippen LogP contribution is 2.27. The molecule has 0 spiro atoms. The van der Waals surface area contributed by atoms with E-state index < -0.39 is 0 Å². The van der Waals surface area contributed by atoms with Crippen LogP contribution < -0.4 is 10.5 Å². The molecule has 1 fully saturated rings. The van der Waals surface area contributed by atoms with Crippen LogP contribution in [0.2, 0.25) is 10.0 Å². The normalized spacial score (nSPS) is 18.6. The lowest BCUT2D eigenvalue weighted by Crippen LogP contribution is -2.45. The molecule has 0 bridgehead atoms. The molecule has 0 aromatic heterocycles. The number of piperidine rings is 1. The number of halogens is 2. The average Bonchev–Trinajstić information content (AvgIpc) is 2.45. The molecular weight excluding hydrogens is 311 g/mol. The van der Waals surface area contributed by atoms with Gasteiger partial charge in [0.25, 0.3) is 0 Å². The number of nitrogens with two attached hydrogens (primary N) is 1. The number of rotatable bonds is 5. The maximum atomic E-state index is 12.0. The van der Waals surface area contributed by atoms with Gasteiger partial charge in [-0.2, -0.15) is 0 Å². The molecule has 1 aromatic carbocycles. The Morgan fingerprint density at radius 3 is 2.95 bits per heavy atom. The van der Waals surface area contributed by atoms with Crippen molar-refractivity contribution in [3.63, 3.8) is 0 Å². The minimum Gasteiger partial charge on any atom is -0.492 e. The summed E-state index contributed by atoms with van der Waals surface area (Å²) in [5.41, 5.74) is 5.88. The Morgan fingerprint density at radius 2 is 2.24 bits per heavy atom. The van der Waals surface area contributed by atoms with Gasteiger partial charge in [-0.15, -0.1) is 0 Å². The number of hydrogen-bond acceptors (Lipinski definition) is 3. The van der Waals surface area contributed by atoms with Gasteiger partial charge in [-0.05, 0) is 37.5 Å². The van der Waals surface area contributed by atoms with Crippen molar-refractivity contribution in [2.45, 2.75) is 31.7 Å². The minimum absolute atomic E-state index is 0.117. The van der Waals surface area contributed by atoms with E-state index in [2.05, 4.69) is 0 Å². The van der Waals surface area contributed by atoms with Crippen LogP contribution >= 0.6 is 23.2 Å². The predicted molar refractivity (Wildman–Crippen MR) is 85.0 cm³/mol. The molecule has 0 radical (unpaired) electrons. The Hall–Kier alpha value is -0.970. The van der Waals surface area contributed by atoms with Crippen LogP contribution in [0.15, 0.2) is 18.2 Å². The van der Waals surface area contributed by atoms with E-state index in [9.17, 15) is 4.79 Å². The Kier molecular flexibility index (Phi) is 6.15. The van der Waals surface area contributed by atoms with Gasteiger partial charge in [0.2, 0.25) is 5.91 Å². The number of amides is 1. The largest absolute Gasteiger partial charge is 0.492 e. The van der Waals surface area contributed by atoms with Crippen LogP contribution in [0.3, 0.4) is 0 Å². The lowest BCUT2D eigenvalue weighted by atomic mass is 10.1. The SMILES string of the molecule is NC1CCCN(C(=O)CCCOc2ccc(Cl)cc2Cl)C1. The maximum absolute atomic E-state index is 12.0. The summed E-state index contributed by atoms with van der Waals surface area (Å²) in [5.74, 6) is 0.740. The van der Waals surface area contributed by atoms with E-state index in [0.717, 1.165) is 19.4 Å². The number of likely N-dealkylation sites (tertiary alicyclic amines) is 1. The van der Waals surface area contributed by atoms with Crippen LogP contribution in [-0.4, -0.2) is 36.5 Å². The second kappa shape index (κ2) is 7.87. The second-order valence-electron chi connectivity index (χ2n) is 5.27. The maximum Gasteiger partial charge on any atom is 0.222 e. The first-order chi connectivity index (χ1) is 10.1. The predicted octanol–water partition coefficient (Wildman–Crippen LogP) is 3.10. The summed E-state index contributed by atoms with van der Waals surface area (Å²) in [6.45, 7) is 1.94. The molecule has 21 heavy (non-hydrogen) atoms. The van der Waals surface area contributed by atoms with Crippen molar-refractivity contribution in [2.75, 3.05) is 19.7 Å². The summed E-state index contributed by atoms with van der Waals surface area (Å²) < 4.78 is 5.56. The average molecular weight is 331 g/mol. The van der Waals surface area contributed by atoms with Gasteiger partial charge in [0.15, 0.2) is 0 Å². The van der Waals surface area contributed by atoms with Crippen LogP contribution in [0, 0.1) is 0 Å². The summed E-state index contributed by atoms with van der Waals surface area (Å²) in [4.78, 5) is 13.9. The zero-order chi connectivity index (χ0) is 15.2. The molecule has 1 atom stereocenters. The van der Waals surface area contributed by atoms with Crippen LogP contribution in [-0.2, 0) is 4.79 Å².